The Bertz CT molecular complexity index is 351. The Morgan fingerprint density at radius 3 is 2.24 bits per heavy atom. The van der Waals surface area contributed by atoms with Crippen molar-refractivity contribution in [3.63, 3.8) is 0 Å². The molecule has 0 radical (unpaired) electrons. The Kier molecular flexibility index (Phi) is 4.88. The first kappa shape index (κ1) is 13.9. The van der Waals surface area contributed by atoms with Gasteiger partial charge in [0.1, 0.15) is 0 Å². The zero-order valence-electron chi connectivity index (χ0n) is 11.4. The van der Waals surface area contributed by atoms with Crippen molar-refractivity contribution in [1.29, 1.82) is 0 Å². The second-order valence-corrected chi connectivity index (χ2v) is 5.69. The predicted molar refractivity (Wildman–Crippen MR) is 72.1 cm³/mol. The smallest absolute Gasteiger partial charge is 0.171 e. The van der Waals surface area contributed by atoms with E-state index in [1.807, 2.05) is 30.3 Å². The van der Waals surface area contributed by atoms with Crippen molar-refractivity contribution in [3.8, 4) is 0 Å². The van der Waals surface area contributed by atoms with Gasteiger partial charge in [0, 0.05) is 5.56 Å². The zero-order chi connectivity index (χ0) is 12.9. The molecule has 17 heavy (non-hydrogen) atoms. The molecule has 1 unspecified atom stereocenters. The van der Waals surface area contributed by atoms with Gasteiger partial charge >= 0.3 is 0 Å². The predicted octanol–water partition coefficient (Wildman–Crippen LogP) is 2.99. The molecular weight excluding hydrogens is 210 g/mol. The third kappa shape index (κ3) is 4.70. The Hall–Kier alpha value is -1.15. The standard InChI is InChI=1S/C15H24NO/c1-5-9-14(12-16(2,3)4)15(17)13-10-7-6-8-11-13/h6-8,10-11,14H,5,9,12H2,1-4H3/q+1. The molecule has 1 atom stereocenters. The van der Waals surface area contributed by atoms with Crippen LogP contribution in [0.1, 0.15) is 30.1 Å². The summed E-state index contributed by atoms with van der Waals surface area (Å²) in [4.78, 5) is 12.4. The van der Waals surface area contributed by atoms with E-state index in [0.29, 0.717) is 5.78 Å². The number of Topliss-reactive ketones (excluding diaryl/α,β-unsaturated/α-hetero) is 1. The van der Waals surface area contributed by atoms with Crippen molar-refractivity contribution >= 4 is 5.78 Å². The van der Waals surface area contributed by atoms with E-state index in [1.165, 1.54) is 0 Å². The summed E-state index contributed by atoms with van der Waals surface area (Å²) >= 11 is 0. The molecule has 1 aromatic carbocycles. The molecule has 0 amide bonds. The fourth-order valence-electron chi connectivity index (χ4n) is 2.15. The second-order valence-electron chi connectivity index (χ2n) is 5.69. The highest BCUT2D eigenvalue weighted by atomic mass is 16.1. The normalized spacial score (nSPS) is 13.4. The molecule has 0 aromatic heterocycles. The summed E-state index contributed by atoms with van der Waals surface area (Å²) in [7, 11) is 6.42. The zero-order valence-corrected chi connectivity index (χ0v) is 11.4. The third-order valence-electron chi connectivity index (χ3n) is 2.83. The van der Waals surface area contributed by atoms with Gasteiger partial charge in [0.25, 0.3) is 0 Å². The molecule has 2 nitrogen and oxygen atoms in total. The minimum Gasteiger partial charge on any atom is -0.330 e. The van der Waals surface area contributed by atoms with E-state index < -0.39 is 0 Å². The number of hydrogen-bond acceptors (Lipinski definition) is 1. The molecule has 0 aliphatic carbocycles. The van der Waals surface area contributed by atoms with Crippen LogP contribution in [-0.2, 0) is 0 Å². The van der Waals surface area contributed by atoms with E-state index in [2.05, 4.69) is 28.1 Å². The van der Waals surface area contributed by atoms with E-state index in [0.717, 1.165) is 29.4 Å². The number of rotatable bonds is 6. The van der Waals surface area contributed by atoms with E-state index in [4.69, 9.17) is 0 Å². The van der Waals surface area contributed by atoms with Crippen molar-refractivity contribution in [2.45, 2.75) is 19.8 Å². The molecule has 0 bridgehead atoms. The number of hydrogen-bond donors (Lipinski definition) is 0. The lowest BCUT2D eigenvalue weighted by Gasteiger charge is -2.28. The summed E-state index contributed by atoms with van der Waals surface area (Å²) in [5, 5.41) is 0. The molecule has 94 valence electrons. The maximum absolute atomic E-state index is 12.4. The summed E-state index contributed by atoms with van der Waals surface area (Å²) in [5.41, 5.74) is 0.847. The van der Waals surface area contributed by atoms with E-state index in [9.17, 15) is 4.79 Å². The first-order valence-corrected chi connectivity index (χ1v) is 6.33. The van der Waals surface area contributed by atoms with Crippen molar-refractivity contribution < 1.29 is 9.28 Å². The minimum absolute atomic E-state index is 0.141. The number of carbonyl (C=O) groups excluding carboxylic acids is 1. The maximum Gasteiger partial charge on any atom is 0.171 e. The summed E-state index contributed by atoms with van der Waals surface area (Å²) in [6.45, 7) is 3.04. The van der Waals surface area contributed by atoms with Crippen LogP contribution < -0.4 is 0 Å². The second kappa shape index (κ2) is 5.97. The van der Waals surface area contributed by atoms with Crippen LogP contribution in [0.4, 0.5) is 0 Å². The van der Waals surface area contributed by atoms with Gasteiger partial charge in [-0.2, -0.15) is 0 Å². The largest absolute Gasteiger partial charge is 0.330 e. The first-order chi connectivity index (χ1) is 7.94. The lowest BCUT2D eigenvalue weighted by atomic mass is 9.92. The Balaban J connectivity index is 2.81. The Morgan fingerprint density at radius 1 is 1.18 bits per heavy atom. The van der Waals surface area contributed by atoms with Crippen molar-refractivity contribution in [2.24, 2.45) is 5.92 Å². The average Bonchev–Trinajstić information content (AvgIpc) is 2.27. The van der Waals surface area contributed by atoms with Gasteiger partial charge in [-0.3, -0.25) is 4.79 Å². The maximum atomic E-state index is 12.4. The van der Waals surface area contributed by atoms with Crippen LogP contribution in [0.15, 0.2) is 30.3 Å². The van der Waals surface area contributed by atoms with Crippen LogP contribution in [-0.4, -0.2) is 38.0 Å². The number of nitrogens with zero attached hydrogens (tertiary/aromatic N) is 1. The molecule has 0 saturated carbocycles. The SMILES string of the molecule is CCCC(C[N+](C)(C)C)C(=O)c1ccccc1. The molecular formula is C15H24NO+. The monoisotopic (exact) mass is 234 g/mol. The molecule has 0 aliphatic heterocycles. The fourth-order valence-corrected chi connectivity index (χ4v) is 2.15. The Labute approximate surface area is 105 Å². The van der Waals surface area contributed by atoms with Crippen LogP contribution in [0.5, 0.6) is 0 Å². The van der Waals surface area contributed by atoms with Gasteiger partial charge < -0.3 is 4.48 Å². The van der Waals surface area contributed by atoms with Crippen molar-refractivity contribution in [3.05, 3.63) is 35.9 Å². The number of quaternary nitrogens is 1. The minimum atomic E-state index is 0.141. The lowest BCUT2D eigenvalue weighted by Crippen LogP contribution is -2.41. The van der Waals surface area contributed by atoms with Crippen molar-refractivity contribution in [1.82, 2.24) is 0 Å². The number of ketones is 1. The van der Waals surface area contributed by atoms with Crippen LogP contribution in [0.2, 0.25) is 0 Å². The van der Waals surface area contributed by atoms with Crippen LogP contribution in [0.25, 0.3) is 0 Å². The highest BCUT2D eigenvalue weighted by Gasteiger charge is 2.25. The van der Waals surface area contributed by atoms with Gasteiger partial charge in [-0.05, 0) is 6.42 Å². The highest BCUT2D eigenvalue weighted by Crippen LogP contribution is 2.17. The molecule has 2 heteroatoms. The van der Waals surface area contributed by atoms with Crippen LogP contribution in [0.3, 0.4) is 0 Å². The van der Waals surface area contributed by atoms with Crippen LogP contribution in [0, 0.1) is 5.92 Å². The summed E-state index contributed by atoms with van der Waals surface area (Å²) in [5.74, 6) is 0.433. The number of benzene rings is 1. The quantitative estimate of drug-likeness (QED) is 0.546. The third-order valence-corrected chi connectivity index (χ3v) is 2.83. The highest BCUT2D eigenvalue weighted by molar-refractivity contribution is 5.97. The van der Waals surface area contributed by atoms with Crippen molar-refractivity contribution in [2.75, 3.05) is 27.7 Å². The van der Waals surface area contributed by atoms with Gasteiger partial charge in [-0.1, -0.05) is 43.7 Å². The van der Waals surface area contributed by atoms with Gasteiger partial charge in [-0.25, -0.2) is 0 Å². The van der Waals surface area contributed by atoms with E-state index in [-0.39, 0.29) is 5.92 Å². The van der Waals surface area contributed by atoms with Gasteiger partial charge in [-0.15, -0.1) is 0 Å². The molecule has 1 aromatic rings. The fraction of sp³-hybridized carbons (Fsp3) is 0.533. The summed E-state index contributed by atoms with van der Waals surface area (Å²) in [6.07, 6.45) is 2.03. The average molecular weight is 234 g/mol. The van der Waals surface area contributed by atoms with E-state index in [1.54, 1.807) is 0 Å². The van der Waals surface area contributed by atoms with Gasteiger partial charge in [0.05, 0.1) is 33.6 Å². The van der Waals surface area contributed by atoms with Gasteiger partial charge in [0.15, 0.2) is 5.78 Å². The van der Waals surface area contributed by atoms with Gasteiger partial charge in [0.2, 0.25) is 0 Å². The molecule has 0 fully saturated rings. The molecule has 0 aliphatic rings. The topological polar surface area (TPSA) is 17.1 Å². The summed E-state index contributed by atoms with van der Waals surface area (Å²) < 4.78 is 0.837. The number of carbonyl (C=O) groups is 1. The molecule has 1 rings (SSSR count). The Morgan fingerprint density at radius 2 is 1.76 bits per heavy atom. The molecule has 0 heterocycles. The lowest BCUT2D eigenvalue weighted by molar-refractivity contribution is -0.872. The van der Waals surface area contributed by atoms with Crippen LogP contribution >= 0.6 is 0 Å². The summed E-state index contributed by atoms with van der Waals surface area (Å²) in [6, 6.07) is 9.65. The first-order valence-electron chi connectivity index (χ1n) is 6.33. The molecule has 0 N–H and O–H groups in total. The molecule has 0 saturated heterocycles. The van der Waals surface area contributed by atoms with E-state index >= 15 is 0 Å². The molecule has 0 spiro atoms.